The summed E-state index contributed by atoms with van der Waals surface area (Å²) in [7, 11) is 0. The predicted molar refractivity (Wildman–Crippen MR) is 96.3 cm³/mol. The lowest BCUT2D eigenvalue weighted by Crippen LogP contribution is -2.32. The molecule has 1 unspecified atom stereocenters. The van der Waals surface area contributed by atoms with Crippen molar-refractivity contribution in [3.05, 3.63) is 57.5 Å². The van der Waals surface area contributed by atoms with Crippen molar-refractivity contribution in [3.63, 3.8) is 0 Å². The minimum Gasteiger partial charge on any atom is -0.488 e. The van der Waals surface area contributed by atoms with E-state index in [9.17, 15) is 22.8 Å². The molecule has 0 saturated carbocycles. The number of benzene rings is 1. The monoisotopic (exact) mass is 402 g/mol. The molecule has 0 bridgehead atoms. The van der Waals surface area contributed by atoms with Crippen LogP contribution in [0, 0.1) is 0 Å². The summed E-state index contributed by atoms with van der Waals surface area (Å²) in [5.74, 6) is -0.595. The first-order chi connectivity index (χ1) is 12.6. The highest BCUT2D eigenvalue weighted by Crippen LogP contribution is 2.34. The number of anilines is 1. The first-order valence-electron chi connectivity index (χ1n) is 8.16. The summed E-state index contributed by atoms with van der Waals surface area (Å²) in [6, 6.07) is 4.66. The van der Waals surface area contributed by atoms with Gasteiger partial charge in [-0.1, -0.05) is 18.5 Å². The molecule has 0 radical (unpaired) electrons. The number of halogens is 4. The molecule has 2 rings (SSSR count). The van der Waals surface area contributed by atoms with E-state index >= 15 is 0 Å². The van der Waals surface area contributed by atoms with E-state index in [1.807, 2.05) is 6.92 Å². The third kappa shape index (κ3) is 5.03. The number of ether oxygens (including phenoxy) is 1. The van der Waals surface area contributed by atoms with E-state index in [-0.39, 0.29) is 16.5 Å². The quantitative estimate of drug-likeness (QED) is 0.773. The number of rotatable bonds is 6. The Morgan fingerprint density at radius 2 is 2.04 bits per heavy atom. The number of hydrogen-bond donors (Lipinski definition) is 1. The van der Waals surface area contributed by atoms with Crippen LogP contribution in [-0.2, 0) is 11.0 Å². The lowest BCUT2D eigenvalue weighted by atomic mass is 10.2. The zero-order chi connectivity index (χ0) is 20.2. The Labute approximate surface area is 158 Å². The number of nitrogens with one attached hydrogen (secondary N) is 1. The molecular weight excluding hydrogens is 385 g/mol. The van der Waals surface area contributed by atoms with Gasteiger partial charge in [-0.15, -0.1) is 0 Å². The molecule has 1 amide bonds. The maximum atomic E-state index is 12.8. The fraction of sp³-hybridized carbons (Fsp3) is 0.333. The van der Waals surface area contributed by atoms with Gasteiger partial charge in [-0.3, -0.25) is 9.59 Å². The number of nitrogens with zero attached hydrogens (tertiary/aromatic N) is 1. The molecule has 0 aliphatic heterocycles. The van der Waals surface area contributed by atoms with Gasteiger partial charge in [-0.05, 0) is 43.7 Å². The largest absolute Gasteiger partial charge is 0.488 e. The molecule has 1 aromatic heterocycles. The lowest BCUT2D eigenvalue weighted by molar-refractivity contribution is -0.137. The first-order valence-corrected chi connectivity index (χ1v) is 8.54. The van der Waals surface area contributed by atoms with Gasteiger partial charge in [0.2, 0.25) is 5.91 Å². The first kappa shape index (κ1) is 20.8. The third-order valence-electron chi connectivity index (χ3n) is 3.75. The lowest BCUT2D eigenvalue weighted by Gasteiger charge is -2.17. The Morgan fingerprint density at radius 3 is 2.67 bits per heavy atom. The minimum absolute atomic E-state index is 0.0454. The van der Waals surface area contributed by atoms with Crippen molar-refractivity contribution >= 4 is 23.2 Å². The SMILES string of the molecule is CCCOc1cccn(C(C)C(=O)Nc2cc(C(F)(F)F)ccc2Cl)c1=O. The number of aromatic nitrogens is 1. The molecule has 2 aromatic rings. The molecule has 1 heterocycles. The fourth-order valence-electron chi connectivity index (χ4n) is 2.28. The summed E-state index contributed by atoms with van der Waals surface area (Å²) in [5.41, 5.74) is -1.64. The van der Waals surface area contributed by atoms with Crippen LogP contribution >= 0.6 is 11.6 Å². The van der Waals surface area contributed by atoms with Gasteiger partial charge in [-0.2, -0.15) is 13.2 Å². The van der Waals surface area contributed by atoms with E-state index in [2.05, 4.69) is 5.32 Å². The summed E-state index contributed by atoms with van der Waals surface area (Å²) in [4.78, 5) is 24.9. The highest BCUT2D eigenvalue weighted by Gasteiger charge is 2.31. The number of carbonyl (C=O) groups is 1. The standard InChI is InChI=1S/C18H18ClF3N2O3/c1-3-9-27-15-5-4-8-24(17(15)26)11(2)16(25)23-14-10-12(18(20,21)22)6-7-13(14)19/h4-8,10-11H,3,9H2,1-2H3,(H,23,25). The van der Waals surface area contributed by atoms with E-state index in [0.717, 1.165) is 22.8 Å². The van der Waals surface area contributed by atoms with E-state index in [4.69, 9.17) is 16.3 Å². The molecule has 9 heteroatoms. The molecule has 1 aromatic carbocycles. The topological polar surface area (TPSA) is 60.3 Å². The molecule has 5 nitrogen and oxygen atoms in total. The van der Waals surface area contributed by atoms with E-state index in [1.165, 1.54) is 19.2 Å². The average molecular weight is 403 g/mol. The van der Waals surface area contributed by atoms with Crippen LogP contribution in [0.3, 0.4) is 0 Å². The number of alkyl halides is 3. The van der Waals surface area contributed by atoms with Crippen LogP contribution in [0.15, 0.2) is 41.3 Å². The number of pyridine rings is 1. The molecular formula is C18H18ClF3N2O3. The Bertz CT molecular complexity index is 881. The van der Waals surface area contributed by atoms with Gasteiger partial charge in [0, 0.05) is 6.20 Å². The second-order valence-corrected chi connectivity index (χ2v) is 6.20. The summed E-state index contributed by atoms with van der Waals surface area (Å²) in [6.07, 6.45) is -2.46. The van der Waals surface area contributed by atoms with Crippen LogP contribution in [0.1, 0.15) is 31.9 Å². The number of hydrogen-bond acceptors (Lipinski definition) is 3. The Balaban J connectivity index is 2.26. The van der Waals surface area contributed by atoms with Crippen LogP contribution in [-0.4, -0.2) is 17.1 Å². The van der Waals surface area contributed by atoms with Crippen molar-refractivity contribution in [2.24, 2.45) is 0 Å². The smallest absolute Gasteiger partial charge is 0.416 e. The average Bonchev–Trinajstić information content (AvgIpc) is 2.61. The normalized spacial score (nSPS) is 12.5. The van der Waals surface area contributed by atoms with Crippen LogP contribution in [0.2, 0.25) is 5.02 Å². The predicted octanol–water partition coefficient (Wildman–Crippen LogP) is 4.51. The molecule has 1 atom stereocenters. The van der Waals surface area contributed by atoms with E-state index in [1.54, 1.807) is 6.07 Å². The molecule has 0 fully saturated rings. The Morgan fingerprint density at radius 1 is 1.33 bits per heavy atom. The Kier molecular flexibility index (Phi) is 6.54. The van der Waals surface area contributed by atoms with Crippen LogP contribution in [0.4, 0.5) is 18.9 Å². The van der Waals surface area contributed by atoms with Gasteiger partial charge >= 0.3 is 6.18 Å². The Hall–Kier alpha value is -2.48. The van der Waals surface area contributed by atoms with Gasteiger partial charge in [0.05, 0.1) is 22.9 Å². The highest BCUT2D eigenvalue weighted by atomic mass is 35.5. The van der Waals surface area contributed by atoms with Crippen LogP contribution < -0.4 is 15.6 Å². The second kappa shape index (κ2) is 8.47. The molecule has 146 valence electrons. The molecule has 0 spiro atoms. The van der Waals surface area contributed by atoms with Crippen molar-refractivity contribution in [1.82, 2.24) is 4.57 Å². The van der Waals surface area contributed by atoms with Gasteiger partial charge in [-0.25, -0.2) is 0 Å². The summed E-state index contributed by atoms with van der Waals surface area (Å²) in [6.45, 7) is 3.68. The van der Waals surface area contributed by atoms with Gasteiger partial charge in [0.25, 0.3) is 5.56 Å². The van der Waals surface area contributed by atoms with Gasteiger partial charge in [0.1, 0.15) is 6.04 Å². The van der Waals surface area contributed by atoms with Crippen LogP contribution in [0.25, 0.3) is 0 Å². The van der Waals surface area contributed by atoms with Gasteiger partial charge < -0.3 is 14.6 Å². The van der Waals surface area contributed by atoms with E-state index < -0.39 is 29.2 Å². The second-order valence-electron chi connectivity index (χ2n) is 5.79. The van der Waals surface area contributed by atoms with Crippen molar-refractivity contribution in [1.29, 1.82) is 0 Å². The summed E-state index contributed by atoms with van der Waals surface area (Å²) in [5, 5.41) is 2.29. The number of carbonyl (C=O) groups excluding carboxylic acids is 1. The van der Waals surface area contributed by atoms with Gasteiger partial charge in [0.15, 0.2) is 5.75 Å². The minimum atomic E-state index is -4.57. The summed E-state index contributed by atoms with van der Waals surface area (Å²) < 4.78 is 45.0. The molecule has 0 saturated heterocycles. The fourth-order valence-corrected chi connectivity index (χ4v) is 2.44. The van der Waals surface area contributed by atoms with Crippen molar-refractivity contribution in [3.8, 4) is 5.75 Å². The third-order valence-corrected chi connectivity index (χ3v) is 4.08. The van der Waals surface area contributed by atoms with Crippen LogP contribution in [0.5, 0.6) is 5.75 Å². The molecule has 0 aliphatic carbocycles. The highest BCUT2D eigenvalue weighted by molar-refractivity contribution is 6.33. The molecule has 27 heavy (non-hydrogen) atoms. The summed E-state index contributed by atoms with van der Waals surface area (Å²) >= 11 is 5.88. The maximum Gasteiger partial charge on any atom is 0.416 e. The zero-order valence-electron chi connectivity index (χ0n) is 14.6. The van der Waals surface area contributed by atoms with E-state index in [0.29, 0.717) is 13.0 Å². The number of amides is 1. The van der Waals surface area contributed by atoms with Crippen molar-refractivity contribution < 1.29 is 22.7 Å². The van der Waals surface area contributed by atoms with Crippen molar-refractivity contribution in [2.75, 3.05) is 11.9 Å². The zero-order valence-corrected chi connectivity index (χ0v) is 15.4. The maximum absolute atomic E-state index is 12.8. The molecule has 0 aliphatic rings. The molecule has 1 N–H and O–H groups in total. The van der Waals surface area contributed by atoms with Crippen molar-refractivity contribution in [2.45, 2.75) is 32.5 Å².